The fourth-order valence-corrected chi connectivity index (χ4v) is 1.01. The molecule has 0 saturated heterocycles. The number of hydrogen-bond donors (Lipinski definition) is 1. The lowest BCUT2D eigenvalue weighted by atomic mass is 10.3. The molecule has 0 aliphatic heterocycles. The first kappa shape index (κ1) is 11.9. The highest BCUT2D eigenvalue weighted by molar-refractivity contribution is 4.57. The third-order valence-corrected chi connectivity index (χ3v) is 2.17. The van der Waals surface area contributed by atoms with Crippen LogP contribution in [0.3, 0.4) is 0 Å². The van der Waals surface area contributed by atoms with E-state index in [0.717, 1.165) is 13.1 Å². The lowest BCUT2D eigenvalue weighted by molar-refractivity contribution is 0.269. The monoisotopic (exact) mass is 172 g/mol. The molecule has 0 fully saturated rings. The van der Waals surface area contributed by atoms with Crippen LogP contribution in [0, 0.1) is 0 Å². The van der Waals surface area contributed by atoms with Crippen LogP contribution >= 0.6 is 0 Å². The maximum absolute atomic E-state index is 3.40. The van der Waals surface area contributed by atoms with Gasteiger partial charge in [-0.15, -0.1) is 0 Å². The molecule has 0 atom stereocenters. The second kappa shape index (κ2) is 7.56. The van der Waals surface area contributed by atoms with E-state index in [-0.39, 0.29) is 0 Å². The van der Waals surface area contributed by atoms with Crippen LogP contribution in [0.1, 0.15) is 33.6 Å². The average molecular weight is 172 g/mol. The van der Waals surface area contributed by atoms with Crippen LogP contribution in [0.25, 0.3) is 0 Å². The van der Waals surface area contributed by atoms with Gasteiger partial charge < -0.3 is 10.2 Å². The van der Waals surface area contributed by atoms with Gasteiger partial charge in [-0.25, -0.2) is 0 Å². The SMILES string of the molecule is CCCNCCCN(C)C(C)C. The highest BCUT2D eigenvalue weighted by Crippen LogP contribution is 1.93. The second-order valence-corrected chi connectivity index (χ2v) is 3.68. The minimum atomic E-state index is 0.677. The molecule has 0 saturated carbocycles. The summed E-state index contributed by atoms with van der Waals surface area (Å²) >= 11 is 0. The summed E-state index contributed by atoms with van der Waals surface area (Å²) in [7, 11) is 2.19. The topological polar surface area (TPSA) is 15.3 Å². The molecule has 2 heteroatoms. The molecule has 0 aliphatic carbocycles. The summed E-state index contributed by atoms with van der Waals surface area (Å²) in [5, 5.41) is 3.40. The largest absolute Gasteiger partial charge is 0.317 e. The lowest BCUT2D eigenvalue weighted by Crippen LogP contribution is -2.29. The first-order chi connectivity index (χ1) is 5.68. The Morgan fingerprint density at radius 3 is 2.42 bits per heavy atom. The molecule has 74 valence electrons. The van der Waals surface area contributed by atoms with Crippen LogP contribution in [-0.2, 0) is 0 Å². The number of hydrogen-bond acceptors (Lipinski definition) is 2. The van der Waals surface area contributed by atoms with Crippen LogP contribution in [0.4, 0.5) is 0 Å². The minimum absolute atomic E-state index is 0.677. The molecule has 0 aromatic rings. The summed E-state index contributed by atoms with van der Waals surface area (Å²) in [6.45, 7) is 10.2. The van der Waals surface area contributed by atoms with E-state index in [1.165, 1.54) is 19.4 Å². The zero-order valence-corrected chi connectivity index (χ0v) is 9.06. The van der Waals surface area contributed by atoms with Crippen molar-refractivity contribution in [2.75, 3.05) is 26.7 Å². The zero-order valence-electron chi connectivity index (χ0n) is 9.06. The average Bonchev–Trinajstić information content (AvgIpc) is 2.03. The van der Waals surface area contributed by atoms with Gasteiger partial charge in [-0.1, -0.05) is 6.92 Å². The molecule has 0 radical (unpaired) electrons. The maximum Gasteiger partial charge on any atom is 0.00355 e. The molecular formula is C10H24N2. The van der Waals surface area contributed by atoms with Crippen molar-refractivity contribution in [1.29, 1.82) is 0 Å². The molecule has 0 amide bonds. The van der Waals surface area contributed by atoms with Gasteiger partial charge in [-0.2, -0.15) is 0 Å². The Morgan fingerprint density at radius 1 is 1.25 bits per heavy atom. The van der Waals surface area contributed by atoms with Crippen molar-refractivity contribution in [2.45, 2.75) is 39.7 Å². The molecule has 0 aromatic heterocycles. The smallest absolute Gasteiger partial charge is 0.00355 e. The minimum Gasteiger partial charge on any atom is -0.317 e. The van der Waals surface area contributed by atoms with Gasteiger partial charge in [-0.3, -0.25) is 0 Å². The molecule has 0 rings (SSSR count). The third kappa shape index (κ3) is 6.62. The van der Waals surface area contributed by atoms with Gasteiger partial charge >= 0.3 is 0 Å². The van der Waals surface area contributed by atoms with Crippen LogP contribution < -0.4 is 5.32 Å². The highest BCUT2D eigenvalue weighted by atomic mass is 15.1. The van der Waals surface area contributed by atoms with Gasteiger partial charge in [-0.05, 0) is 53.4 Å². The number of rotatable bonds is 7. The van der Waals surface area contributed by atoms with Crippen LogP contribution in [0.5, 0.6) is 0 Å². The Balaban J connectivity index is 3.08. The normalized spacial score (nSPS) is 11.5. The molecule has 1 N–H and O–H groups in total. The Hall–Kier alpha value is -0.0800. The predicted octanol–water partition coefficient (Wildman–Crippen LogP) is 1.72. The van der Waals surface area contributed by atoms with E-state index in [0.29, 0.717) is 6.04 Å². The summed E-state index contributed by atoms with van der Waals surface area (Å²) in [4.78, 5) is 2.38. The second-order valence-electron chi connectivity index (χ2n) is 3.68. The Bertz CT molecular complexity index is 91.8. The molecule has 0 aliphatic rings. The quantitative estimate of drug-likeness (QED) is 0.588. The standard InChI is InChI=1S/C10H24N2/c1-5-7-11-8-6-9-12(4)10(2)3/h10-11H,5-9H2,1-4H3. The van der Waals surface area contributed by atoms with E-state index in [1.54, 1.807) is 0 Å². The van der Waals surface area contributed by atoms with Crippen LogP contribution in [0.15, 0.2) is 0 Å². The molecule has 0 bridgehead atoms. The van der Waals surface area contributed by atoms with Crippen LogP contribution in [-0.4, -0.2) is 37.6 Å². The van der Waals surface area contributed by atoms with Crippen molar-refractivity contribution in [3.05, 3.63) is 0 Å². The van der Waals surface area contributed by atoms with Crippen molar-refractivity contribution in [3.8, 4) is 0 Å². The van der Waals surface area contributed by atoms with Crippen molar-refractivity contribution in [1.82, 2.24) is 10.2 Å². The Kier molecular flexibility index (Phi) is 7.51. The lowest BCUT2D eigenvalue weighted by Gasteiger charge is -2.20. The molecule has 0 unspecified atom stereocenters. The summed E-state index contributed by atoms with van der Waals surface area (Å²) in [5.74, 6) is 0. The molecule has 0 aromatic carbocycles. The fraction of sp³-hybridized carbons (Fsp3) is 1.00. The molecule has 0 heterocycles. The highest BCUT2D eigenvalue weighted by Gasteiger charge is 2.00. The Labute approximate surface area is 77.3 Å². The van der Waals surface area contributed by atoms with Crippen molar-refractivity contribution < 1.29 is 0 Å². The van der Waals surface area contributed by atoms with E-state index in [2.05, 4.69) is 38.0 Å². The summed E-state index contributed by atoms with van der Waals surface area (Å²) in [6.07, 6.45) is 2.49. The van der Waals surface area contributed by atoms with Crippen molar-refractivity contribution in [3.63, 3.8) is 0 Å². The first-order valence-corrected chi connectivity index (χ1v) is 5.09. The van der Waals surface area contributed by atoms with Crippen molar-refractivity contribution >= 4 is 0 Å². The van der Waals surface area contributed by atoms with Gasteiger partial charge in [0.15, 0.2) is 0 Å². The molecule has 12 heavy (non-hydrogen) atoms. The van der Waals surface area contributed by atoms with E-state index >= 15 is 0 Å². The van der Waals surface area contributed by atoms with Crippen molar-refractivity contribution in [2.24, 2.45) is 0 Å². The number of nitrogens with zero attached hydrogens (tertiary/aromatic N) is 1. The summed E-state index contributed by atoms with van der Waals surface area (Å²) in [6, 6.07) is 0.677. The molecule has 2 nitrogen and oxygen atoms in total. The van der Waals surface area contributed by atoms with Gasteiger partial charge in [0.2, 0.25) is 0 Å². The molecular weight excluding hydrogens is 148 g/mol. The fourth-order valence-electron chi connectivity index (χ4n) is 1.01. The Morgan fingerprint density at radius 2 is 1.92 bits per heavy atom. The van der Waals surface area contributed by atoms with Gasteiger partial charge in [0.05, 0.1) is 0 Å². The molecule has 0 spiro atoms. The zero-order chi connectivity index (χ0) is 9.40. The summed E-state index contributed by atoms with van der Waals surface area (Å²) in [5.41, 5.74) is 0. The van der Waals surface area contributed by atoms with Gasteiger partial charge in [0, 0.05) is 6.04 Å². The van der Waals surface area contributed by atoms with E-state index in [4.69, 9.17) is 0 Å². The number of nitrogens with one attached hydrogen (secondary N) is 1. The van der Waals surface area contributed by atoms with E-state index in [9.17, 15) is 0 Å². The third-order valence-electron chi connectivity index (χ3n) is 2.17. The van der Waals surface area contributed by atoms with Gasteiger partial charge in [0.1, 0.15) is 0 Å². The summed E-state index contributed by atoms with van der Waals surface area (Å²) < 4.78 is 0. The van der Waals surface area contributed by atoms with E-state index in [1.807, 2.05) is 0 Å². The predicted molar refractivity (Wildman–Crippen MR) is 55.5 cm³/mol. The maximum atomic E-state index is 3.40. The first-order valence-electron chi connectivity index (χ1n) is 5.09. The van der Waals surface area contributed by atoms with E-state index < -0.39 is 0 Å². The van der Waals surface area contributed by atoms with Gasteiger partial charge in [0.25, 0.3) is 0 Å². The van der Waals surface area contributed by atoms with Crippen LogP contribution in [0.2, 0.25) is 0 Å².